The number of alkyl halides is 3. The van der Waals surface area contributed by atoms with Gasteiger partial charge in [0.05, 0.1) is 6.54 Å². The predicted octanol–water partition coefficient (Wildman–Crippen LogP) is 2.96. The summed E-state index contributed by atoms with van der Waals surface area (Å²) in [6, 6.07) is 6.53. The highest BCUT2D eigenvalue weighted by atomic mass is 32.2. The maximum Gasteiger partial charge on any atom is 0.421 e. The zero-order valence-electron chi connectivity index (χ0n) is 13.7. The van der Waals surface area contributed by atoms with E-state index in [4.69, 9.17) is 6.42 Å². The monoisotopic (exact) mass is 383 g/mol. The third-order valence-corrected chi connectivity index (χ3v) is 3.59. The number of halogens is 3. The van der Waals surface area contributed by atoms with Crippen molar-refractivity contribution in [3.8, 4) is 12.3 Å². The van der Waals surface area contributed by atoms with Gasteiger partial charge in [0.1, 0.15) is 11.4 Å². The number of anilines is 4. The molecule has 2 rings (SSSR count). The summed E-state index contributed by atoms with van der Waals surface area (Å²) in [5, 5.41) is 5.23. The molecule has 0 fully saturated rings. The van der Waals surface area contributed by atoms with Crippen molar-refractivity contribution in [2.24, 2.45) is 0 Å². The average molecular weight is 383 g/mol. The number of nitrogens with zero attached hydrogens (tertiary/aromatic N) is 2. The van der Waals surface area contributed by atoms with Crippen LogP contribution in [0.15, 0.2) is 30.5 Å². The largest absolute Gasteiger partial charge is 0.421 e. The van der Waals surface area contributed by atoms with E-state index in [-0.39, 0.29) is 12.5 Å². The first-order valence-electron chi connectivity index (χ1n) is 7.17. The number of hydrogen-bond donors (Lipinski definition) is 3. The van der Waals surface area contributed by atoms with Crippen LogP contribution in [0.1, 0.15) is 5.56 Å². The number of rotatable bonds is 6. The fourth-order valence-corrected chi connectivity index (χ4v) is 2.55. The molecule has 0 saturated carbocycles. The molecule has 26 heavy (non-hydrogen) atoms. The minimum Gasteiger partial charge on any atom is -0.358 e. The minimum absolute atomic E-state index is 0.0327. The number of nitrogens with one attached hydrogen (secondary N) is 3. The summed E-state index contributed by atoms with van der Waals surface area (Å²) < 4.78 is 53.3. The van der Waals surface area contributed by atoms with Crippen LogP contribution in [0.3, 0.4) is 0 Å². The molecular weight excluding hydrogens is 367 g/mol. The molecule has 0 saturated heterocycles. The second kappa shape index (κ2) is 7.53. The van der Waals surface area contributed by atoms with E-state index in [1.807, 2.05) is 0 Å². The van der Waals surface area contributed by atoms with Crippen molar-refractivity contribution in [3.05, 3.63) is 36.0 Å². The molecule has 1 aromatic heterocycles. The smallest absolute Gasteiger partial charge is 0.358 e. The molecule has 0 bridgehead atoms. The summed E-state index contributed by atoms with van der Waals surface area (Å²) >= 11 is 0. The molecule has 0 aliphatic carbocycles. The van der Waals surface area contributed by atoms with Crippen molar-refractivity contribution in [1.82, 2.24) is 9.97 Å². The maximum absolute atomic E-state index is 13.0. The van der Waals surface area contributed by atoms with Gasteiger partial charge >= 0.3 is 6.18 Å². The Labute approximate surface area is 149 Å². The van der Waals surface area contributed by atoms with Crippen LogP contribution >= 0.6 is 0 Å². The van der Waals surface area contributed by atoms with E-state index in [0.29, 0.717) is 17.6 Å². The number of benzene rings is 1. The van der Waals surface area contributed by atoms with Gasteiger partial charge in [0.15, 0.2) is 0 Å². The second-order valence-corrected chi connectivity index (χ2v) is 7.53. The molecule has 10 heteroatoms. The second-order valence-electron chi connectivity index (χ2n) is 5.32. The van der Waals surface area contributed by atoms with E-state index in [1.165, 1.54) is 6.26 Å². The predicted molar refractivity (Wildman–Crippen MR) is 98.9 cm³/mol. The van der Waals surface area contributed by atoms with Crippen molar-refractivity contribution in [1.29, 1.82) is 0 Å². The lowest BCUT2D eigenvalue weighted by Crippen LogP contribution is -2.14. The van der Waals surface area contributed by atoms with Gasteiger partial charge in [-0.05, 0) is 30.1 Å². The van der Waals surface area contributed by atoms with Gasteiger partial charge < -0.3 is 15.4 Å². The molecule has 1 unspecified atom stereocenters. The lowest BCUT2D eigenvalue weighted by molar-refractivity contribution is -0.137. The molecule has 0 aliphatic rings. The topological polar surface area (TPSA) is 78.9 Å². The molecule has 0 amide bonds. The average Bonchev–Trinajstić information content (AvgIpc) is 2.52. The fourth-order valence-electron chi connectivity index (χ4n) is 1.92. The number of terminal acetylenes is 1. The number of hydrogen-bond acceptors (Lipinski definition) is 5. The summed E-state index contributed by atoms with van der Waals surface area (Å²) in [5.41, 5.74) is 0.110. The molecule has 2 aromatic rings. The van der Waals surface area contributed by atoms with Crippen molar-refractivity contribution in [2.75, 3.05) is 28.2 Å². The highest BCUT2D eigenvalue weighted by Gasteiger charge is 2.35. The third-order valence-electron chi connectivity index (χ3n) is 2.93. The van der Waals surface area contributed by atoms with Crippen LogP contribution in [0.2, 0.25) is 0 Å². The minimum atomic E-state index is -4.61. The fraction of sp³-hybridized carbons (Fsp3) is 0.188. The third kappa shape index (κ3) is 5.56. The van der Waals surface area contributed by atoms with Gasteiger partial charge in [-0.25, -0.2) is 9.19 Å². The normalized spacial score (nSPS) is 13.3. The van der Waals surface area contributed by atoms with Crippen molar-refractivity contribution in [3.63, 3.8) is 0 Å². The van der Waals surface area contributed by atoms with Crippen molar-refractivity contribution in [2.45, 2.75) is 6.18 Å². The first-order chi connectivity index (χ1) is 12.1. The molecule has 1 heterocycles. The van der Waals surface area contributed by atoms with Gasteiger partial charge in [0.25, 0.3) is 0 Å². The van der Waals surface area contributed by atoms with E-state index in [2.05, 4.69) is 37.1 Å². The van der Waals surface area contributed by atoms with Crippen LogP contribution in [0.4, 0.5) is 36.3 Å². The van der Waals surface area contributed by atoms with Gasteiger partial charge in [-0.15, -0.1) is 6.42 Å². The molecular formula is C16H16F3N5OS. The van der Waals surface area contributed by atoms with Crippen LogP contribution in [-0.2, 0) is 15.9 Å². The molecule has 138 valence electrons. The van der Waals surface area contributed by atoms with Gasteiger partial charge in [0, 0.05) is 33.5 Å². The Morgan fingerprint density at radius 3 is 2.42 bits per heavy atom. The van der Waals surface area contributed by atoms with E-state index in [0.717, 1.165) is 0 Å². The molecule has 1 aromatic carbocycles. The molecule has 0 aliphatic heterocycles. The van der Waals surface area contributed by atoms with E-state index in [1.54, 1.807) is 24.3 Å². The summed E-state index contributed by atoms with van der Waals surface area (Å²) in [6.45, 7) is -0.110. The maximum atomic E-state index is 13.0. The lowest BCUT2D eigenvalue weighted by atomic mass is 10.3. The summed E-state index contributed by atoms with van der Waals surface area (Å²) in [4.78, 5) is 7.52. The lowest BCUT2D eigenvalue weighted by Gasteiger charge is -2.14. The van der Waals surface area contributed by atoms with Crippen LogP contribution in [0.5, 0.6) is 0 Å². The van der Waals surface area contributed by atoms with E-state index < -0.39 is 27.3 Å². The first kappa shape index (κ1) is 19.4. The Kier molecular flexibility index (Phi) is 5.62. The van der Waals surface area contributed by atoms with Crippen LogP contribution in [0, 0.1) is 12.3 Å². The van der Waals surface area contributed by atoms with Crippen LogP contribution < -0.4 is 15.4 Å². The molecule has 6 nitrogen and oxygen atoms in total. The Morgan fingerprint density at radius 2 is 1.88 bits per heavy atom. The zero-order valence-corrected chi connectivity index (χ0v) is 14.5. The van der Waals surface area contributed by atoms with Gasteiger partial charge in [0.2, 0.25) is 5.95 Å². The summed E-state index contributed by atoms with van der Waals surface area (Å²) in [5.74, 6) is 5.24. The SMILES string of the molecule is C#CCNc1nc(Nc2ccc(NS(=C)(C)=O)cc2)ncc1C(F)(F)F. The van der Waals surface area contributed by atoms with Gasteiger partial charge in [-0.3, -0.25) is 0 Å². The molecule has 0 spiro atoms. The van der Waals surface area contributed by atoms with Crippen LogP contribution in [-0.4, -0.2) is 32.8 Å². The Balaban J connectivity index is 2.22. The summed E-state index contributed by atoms with van der Waals surface area (Å²) in [7, 11) is -2.41. The first-order valence-corrected chi connectivity index (χ1v) is 9.30. The molecule has 0 radical (unpaired) electrons. The van der Waals surface area contributed by atoms with E-state index in [9.17, 15) is 17.4 Å². The van der Waals surface area contributed by atoms with E-state index >= 15 is 0 Å². The van der Waals surface area contributed by atoms with Gasteiger partial charge in [-0.2, -0.15) is 18.2 Å². The van der Waals surface area contributed by atoms with Gasteiger partial charge in [-0.1, -0.05) is 5.92 Å². The Hall–Kier alpha value is -2.93. The zero-order chi connectivity index (χ0) is 19.4. The highest BCUT2D eigenvalue weighted by Crippen LogP contribution is 2.34. The highest BCUT2D eigenvalue weighted by molar-refractivity contribution is 8.00. The Bertz CT molecular complexity index is 918. The molecule has 3 N–H and O–H groups in total. The summed E-state index contributed by atoms with van der Waals surface area (Å²) in [6.07, 6.45) is 2.60. The van der Waals surface area contributed by atoms with Crippen LogP contribution in [0.25, 0.3) is 0 Å². The molecule has 1 atom stereocenters. The standard InChI is InChI=1S/C16H16F3N5OS/c1-4-9-20-14-13(16(17,18)19)10-21-15(23-14)22-11-5-7-12(8-6-11)24-26(2,3)25/h1,5-8,10H,2,9H2,3H3,(H,24,25)(H2,20,21,22,23). The number of aromatic nitrogens is 2. The Morgan fingerprint density at radius 1 is 1.27 bits per heavy atom. The van der Waals surface area contributed by atoms with Crippen molar-refractivity contribution >= 4 is 38.7 Å². The van der Waals surface area contributed by atoms with Crippen molar-refractivity contribution < 1.29 is 17.4 Å². The quantitative estimate of drug-likeness (QED) is 0.528.